The molecule has 0 bridgehead atoms. The lowest BCUT2D eigenvalue weighted by atomic mass is 9.73. The lowest BCUT2D eigenvalue weighted by molar-refractivity contribution is -0.106. The van der Waals surface area contributed by atoms with Crippen LogP contribution in [0.15, 0.2) is 17.8 Å². The Morgan fingerprint density at radius 2 is 2.18 bits per heavy atom. The van der Waals surface area contributed by atoms with Crippen molar-refractivity contribution in [1.82, 2.24) is 15.5 Å². The Bertz CT molecular complexity index is 487. The second-order valence-electron chi connectivity index (χ2n) is 7.38. The zero-order valence-electron chi connectivity index (χ0n) is 17.0. The summed E-state index contributed by atoms with van der Waals surface area (Å²) in [5.74, 6) is 0.565. The third-order valence-electron chi connectivity index (χ3n) is 5.07. The van der Waals surface area contributed by atoms with Gasteiger partial charge in [0.15, 0.2) is 5.90 Å². The van der Waals surface area contributed by atoms with Gasteiger partial charge in [0.2, 0.25) is 0 Å². The lowest BCUT2D eigenvalue weighted by Gasteiger charge is -2.45. The van der Waals surface area contributed by atoms with E-state index >= 15 is 0 Å². The predicted octanol–water partition coefficient (Wildman–Crippen LogP) is 2.43. The van der Waals surface area contributed by atoms with Crippen molar-refractivity contribution in [3.63, 3.8) is 0 Å². The van der Waals surface area contributed by atoms with Crippen LogP contribution in [0.25, 0.3) is 0 Å². The van der Waals surface area contributed by atoms with Gasteiger partial charge in [0.1, 0.15) is 25.7 Å². The van der Waals surface area contributed by atoms with Gasteiger partial charge in [-0.25, -0.2) is 13.8 Å². The summed E-state index contributed by atoms with van der Waals surface area (Å²) in [6, 6.07) is 0. The van der Waals surface area contributed by atoms with E-state index in [4.69, 9.17) is 16.3 Å². The third kappa shape index (κ3) is 8.69. The number of hydrogen-bond donors (Lipinski definition) is 3. The maximum absolute atomic E-state index is 13.7. The van der Waals surface area contributed by atoms with Gasteiger partial charge in [-0.1, -0.05) is 13.5 Å². The Labute approximate surface area is 172 Å². The SMILES string of the molecule is C=CN=C(C)OCCNCNCCN(CCF)C(O)C1(C)CCC(F)C(Cl)C1. The number of aliphatic imine (C=N–C) groups is 1. The first-order valence-electron chi connectivity index (χ1n) is 9.80. The molecule has 28 heavy (non-hydrogen) atoms. The van der Waals surface area contributed by atoms with E-state index in [0.29, 0.717) is 58.1 Å². The van der Waals surface area contributed by atoms with Gasteiger partial charge < -0.3 is 20.5 Å². The molecule has 164 valence electrons. The quantitative estimate of drug-likeness (QED) is 0.139. The highest BCUT2D eigenvalue weighted by Crippen LogP contribution is 2.42. The Hall–Kier alpha value is -0.800. The first kappa shape index (κ1) is 25.2. The standard InChI is InChI=1S/C19H35ClF2N4O2/c1-4-25-15(2)28-12-9-24-14-23-8-11-26(10-7-21)18(27)19(3)6-5-17(22)16(20)13-19/h4,16-18,23-24,27H,1,5-14H2,2-3H3. The molecule has 1 aliphatic rings. The summed E-state index contributed by atoms with van der Waals surface area (Å²) in [5.41, 5.74) is -0.537. The van der Waals surface area contributed by atoms with Crippen LogP contribution in [0.2, 0.25) is 0 Å². The number of nitrogens with zero attached hydrogens (tertiary/aromatic N) is 2. The van der Waals surface area contributed by atoms with Crippen molar-refractivity contribution in [2.24, 2.45) is 10.4 Å². The smallest absolute Gasteiger partial charge is 0.184 e. The molecule has 0 aliphatic heterocycles. The van der Waals surface area contributed by atoms with Crippen LogP contribution in [0.5, 0.6) is 0 Å². The maximum atomic E-state index is 13.7. The van der Waals surface area contributed by atoms with Gasteiger partial charge in [0, 0.05) is 51.4 Å². The highest BCUT2D eigenvalue weighted by atomic mass is 35.5. The fourth-order valence-corrected chi connectivity index (χ4v) is 3.87. The second-order valence-corrected chi connectivity index (χ2v) is 7.94. The fraction of sp³-hybridized carbons (Fsp3) is 0.842. The van der Waals surface area contributed by atoms with Gasteiger partial charge in [-0.2, -0.15) is 0 Å². The molecule has 0 aromatic carbocycles. The molecule has 0 heterocycles. The van der Waals surface area contributed by atoms with Crippen LogP contribution in [0.1, 0.15) is 33.1 Å². The zero-order valence-corrected chi connectivity index (χ0v) is 17.7. The summed E-state index contributed by atoms with van der Waals surface area (Å²) in [7, 11) is 0. The van der Waals surface area contributed by atoms with Crippen molar-refractivity contribution in [3.8, 4) is 0 Å². The number of nitrogens with one attached hydrogen (secondary N) is 2. The van der Waals surface area contributed by atoms with Crippen LogP contribution in [0, 0.1) is 5.41 Å². The van der Waals surface area contributed by atoms with Crippen LogP contribution >= 0.6 is 11.6 Å². The van der Waals surface area contributed by atoms with Crippen molar-refractivity contribution in [2.45, 2.75) is 50.9 Å². The molecule has 0 saturated heterocycles. The van der Waals surface area contributed by atoms with E-state index in [-0.39, 0.29) is 6.54 Å². The number of ether oxygens (including phenoxy) is 1. The highest BCUT2D eigenvalue weighted by molar-refractivity contribution is 6.21. The highest BCUT2D eigenvalue weighted by Gasteiger charge is 2.43. The lowest BCUT2D eigenvalue weighted by Crippen LogP contribution is -2.52. The molecule has 1 aliphatic carbocycles. The second kappa shape index (κ2) is 13.4. The molecule has 1 saturated carbocycles. The molecule has 0 radical (unpaired) electrons. The van der Waals surface area contributed by atoms with E-state index in [1.807, 2.05) is 6.92 Å². The molecule has 0 aromatic heterocycles. The van der Waals surface area contributed by atoms with Crippen LogP contribution < -0.4 is 10.6 Å². The molecule has 1 fully saturated rings. The Morgan fingerprint density at radius 1 is 1.46 bits per heavy atom. The first-order valence-corrected chi connectivity index (χ1v) is 10.2. The maximum Gasteiger partial charge on any atom is 0.184 e. The Morgan fingerprint density at radius 3 is 2.82 bits per heavy atom. The Kier molecular flexibility index (Phi) is 12.1. The van der Waals surface area contributed by atoms with Crippen LogP contribution in [0.4, 0.5) is 8.78 Å². The van der Waals surface area contributed by atoms with Crippen molar-refractivity contribution in [1.29, 1.82) is 0 Å². The van der Waals surface area contributed by atoms with Gasteiger partial charge in [-0.15, -0.1) is 11.6 Å². The van der Waals surface area contributed by atoms with Crippen molar-refractivity contribution in [2.75, 3.05) is 46.1 Å². The van der Waals surface area contributed by atoms with E-state index in [1.54, 1.807) is 11.8 Å². The number of hydrogen-bond acceptors (Lipinski definition) is 6. The van der Waals surface area contributed by atoms with Gasteiger partial charge in [0.25, 0.3) is 0 Å². The minimum absolute atomic E-state index is 0.133. The van der Waals surface area contributed by atoms with E-state index in [0.717, 1.165) is 0 Å². The molecular weight excluding hydrogens is 390 g/mol. The summed E-state index contributed by atoms with van der Waals surface area (Å²) in [6.07, 6.45) is 0.770. The van der Waals surface area contributed by atoms with Gasteiger partial charge in [0.05, 0.1) is 5.38 Å². The van der Waals surface area contributed by atoms with Gasteiger partial charge >= 0.3 is 0 Å². The molecule has 4 atom stereocenters. The van der Waals surface area contributed by atoms with Crippen molar-refractivity contribution in [3.05, 3.63) is 12.8 Å². The molecule has 0 aromatic rings. The van der Waals surface area contributed by atoms with E-state index in [1.165, 1.54) is 6.20 Å². The molecule has 6 nitrogen and oxygen atoms in total. The molecule has 3 N–H and O–H groups in total. The molecule has 4 unspecified atom stereocenters. The summed E-state index contributed by atoms with van der Waals surface area (Å²) in [4.78, 5) is 5.61. The summed E-state index contributed by atoms with van der Waals surface area (Å²) >= 11 is 6.08. The third-order valence-corrected chi connectivity index (χ3v) is 5.50. The van der Waals surface area contributed by atoms with E-state index in [9.17, 15) is 13.9 Å². The number of rotatable bonds is 13. The van der Waals surface area contributed by atoms with Crippen LogP contribution in [0.3, 0.4) is 0 Å². The minimum atomic E-state index is -1.04. The number of alkyl halides is 3. The van der Waals surface area contributed by atoms with E-state index in [2.05, 4.69) is 22.2 Å². The largest absolute Gasteiger partial charge is 0.480 e. The monoisotopic (exact) mass is 424 g/mol. The molecule has 9 heteroatoms. The van der Waals surface area contributed by atoms with Crippen molar-refractivity contribution >= 4 is 17.5 Å². The summed E-state index contributed by atoms with van der Waals surface area (Å²) < 4.78 is 32.0. The average molecular weight is 425 g/mol. The fourth-order valence-electron chi connectivity index (χ4n) is 3.39. The summed E-state index contributed by atoms with van der Waals surface area (Å²) in [6.45, 7) is 9.50. The average Bonchev–Trinajstić information content (AvgIpc) is 2.66. The summed E-state index contributed by atoms with van der Waals surface area (Å²) in [5, 5.41) is 16.6. The molecule has 1 rings (SSSR count). The van der Waals surface area contributed by atoms with Gasteiger partial charge in [-0.05, 0) is 19.3 Å². The molecule has 0 spiro atoms. The molecular formula is C19H35ClF2N4O2. The van der Waals surface area contributed by atoms with Crippen molar-refractivity contribution < 1.29 is 18.6 Å². The zero-order chi connectivity index (χ0) is 21.0. The number of aliphatic hydroxyl groups is 1. The number of aliphatic hydroxyl groups excluding tert-OH is 1. The topological polar surface area (TPSA) is 69.1 Å². The predicted molar refractivity (Wildman–Crippen MR) is 110 cm³/mol. The van der Waals surface area contributed by atoms with E-state index < -0.39 is 29.9 Å². The Balaban J connectivity index is 2.30. The van der Waals surface area contributed by atoms with Crippen LogP contribution in [-0.4, -0.2) is 79.8 Å². The minimum Gasteiger partial charge on any atom is -0.480 e. The number of halogens is 3. The molecule has 0 amide bonds. The van der Waals surface area contributed by atoms with Crippen LogP contribution in [-0.2, 0) is 4.74 Å². The normalized spacial score (nSPS) is 27.0. The van der Waals surface area contributed by atoms with Gasteiger partial charge in [-0.3, -0.25) is 4.90 Å². The first-order chi connectivity index (χ1) is 13.3.